The summed E-state index contributed by atoms with van der Waals surface area (Å²) in [7, 11) is 0. The second-order valence-electron chi connectivity index (χ2n) is 6.63. The Balaban J connectivity index is 1.71. The smallest absolute Gasteiger partial charge is 0.320 e. The normalized spacial score (nSPS) is 17.1. The highest BCUT2D eigenvalue weighted by molar-refractivity contribution is 5.88. The number of carbonyl (C=O) groups is 1. The molecule has 3 rings (SSSR count). The van der Waals surface area contributed by atoms with Crippen molar-refractivity contribution in [2.75, 3.05) is 11.9 Å². The summed E-state index contributed by atoms with van der Waals surface area (Å²) < 4.78 is 7.42. The Hall–Kier alpha value is -2.50. The maximum atomic E-state index is 12.4. The average Bonchev–Trinajstić information content (AvgIpc) is 2.96. The summed E-state index contributed by atoms with van der Waals surface area (Å²) in [5.41, 5.74) is 0.815. The van der Waals surface area contributed by atoms with Crippen molar-refractivity contribution >= 4 is 11.8 Å². The van der Waals surface area contributed by atoms with E-state index in [1.54, 1.807) is 16.9 Å². The molecule has 1 aliphatic rings. The molecule has 1 aromatic carbocycles. The molecule has 2 amide bonds. The predicted molar refractivity (Wildman–Crippen MR) is 88.7 cm³/mol. The van der Waals surface area contributed by atoms with E-state index in [1.807, 2.05) is 45.0 Å². The first-order chi connectivity index (χ1) is 10.9. The van der Waals surface area contributed by atoms with E-state index in [0.29, 0.717) is 12.4 Å². The van der Waals surface area contributed by atoms with Crippen LogP contribution in [0.3, 0.4) is 0 Å². The number of benzene rings is 1. The third-order valence-electron chi connectivity index (χ3n) is 3.78. The average molecular weight is 314 g/mol. The minimum atomic E-state index is -0.238. The third-order valence-corrected chi connectivity index (χ3v) is 3.78. The van der Waals surface area contributed by atoms with Crippen molar-refractivity contribution in [3.8, 4) is 5.75 Å². The number of fused-ring (bicyclic) bond motifs is 1. The standard InChI is InChI=1S/C17H22N4O2/c1-17(2,3)21-15(8-10-18-21)20-16(22)19-13-9-11-23-14-7-5-4-6-12(13)14/h4-8,10,13H,9,11H2,1-3H3,(H2,19,20,22)/t13-/m0/s1. The van der Waals surface area contributed by atoms with Crippen molar-refractivity contribution in [3.05, 3.63) is 42.1 Å². The van der Waals surface area contributed by atoms with Crippen LogP contribution in [0.25, 0.3) is 0 Å². The second-order valence-corrected chi connectivity index (χ2v) is 6.63. The van der Waals surface area contributed by atoms with Crippen LogP contribution in [0.2, 0.25) is 0 Å². The molecule has 23 heavy (non-hydrogen) atoms. The number of anilines is 1. The first-order valence-electron chi connectivity index (χ1n) is 7.79. The maximum absolute atomic E-state index is 12.4. The zero-order valence-corrected chi connectivity index (χ0v) is 13.7. The molecule has 0 bridgehead atoms. The molecule has 2 heterocycles. The van der Waals surface area contributed by atoms with Crippen LogP contribution >= 0.6 is 0 Å². The topological polar surface area (TPSA) is 68.2 Å². The minimum Gasteiger partial charge on any atom is -0.493 e. The van der Waals surface area contributed by atoms with Crippen LogP contribution in [-0.2, 0) is 5.54 Å². The van der Waals surface area contributed by atoms with E-state index in [0.717, 1.165) is 17.7 Å². The van der Waals surface area contributed by atoms with Gasteiger partial charge in [0.25, 0.3) is 0 Å². The molecular formula is C17H22N4O2. The van der Waals surface area contributed by atoms with Crippen LogP contribution in [-0.4, -0.2) is 22.4 Å². The van der Waals surface area contributed by atoms with E-state index >= 15 is 0 Å². The van der Waals surface area contributed by atoms with Crippen LogP contribution in [0.15, 0.2) is 36.5 Å². The van der Waals surface area contributed by atoms with Gasteiger partial charge in [0.15, 0.2) is 0 Å². The molecule has 0 unspecified atom stereocenters. The lowest BCUT2D eigenvalue weighted by Gasteiger charge is -2.27. The number of carbonyl (C=O) groups excluding carboxylic acids is 1. The highest BCUT2D eigenvalue weighted by Crippen LogP contribution is 2.31. The summed E-state index contributed by atoms with van der Waals surface area (Å²) in [6.45, 7) is 6.72. The molecule has 6 nitrogen and oxygen atoms in total. The number of hydrogen-bond acceptors (Lipinski definition) is 3. The first-order valence-corrected chi connectivity index (χ1v) is 7.79. The molecule has 6 heteroatoms. The largest absolute Gasteiger partial charge is 0.493 e. The molecule has 0 radical (unpaired) electrons. The number of hydrogen-bond donors (Lipinski definition) is 2. The summed E-state index contributed by atoms with van der Waals surface area (Å²) in [6, 6.07) is 9.30. The summed E-state index contributed by atoms with van der Waals surface area (Å²) in [5, 5.41) is 10.2. The van der Waals surface area contributed by atoms with E-state index in [1.165, 1.54) is 0 Å². The molecule has 2 N–H and O–H groups in total. The summed E-state index contributed by atoms with van der Waals surface area (Å²) in [5.74, 6) is 1.51. The van der Waals surface area contributed by atoms with Gasteiger partial charge in [-0.05, 0) is 26.8 Å². The van der Waals surface area contributed by atoms with Crippen LogP contribution in [0.1, 0.15) is 38.8 Å². The number of amides is 2. The second kappa shape index (κ2) is 5.95. The van der Waals surface area contributed by atoms with Crippen molar-refractivity contribution in [1.29, 1.82) is 0 Å². The van der Waals surface area contributed by atoms with Crippen LogP contribution in [0.5, 0.6) is 5.75 Å². The summed E-state index contributed by atoms with van der Waals surface area (Å²) in [4.78, 5) is 12.4. The van der Waals surface area contributed by atoms with Crippen LogP contribution < -0.4 is 15.4 Å². The lowest BCUT2D eigenvalue weighted by molar-refractivity contribution is 0.232. The van der Waals surface area contributed by atoms with E-state index in [9.17, 15) is 4.79 Å². The van der Waals surface area contributed by atoms with Crippen molar-refractivity contribution < 1.29 is 9.53 Å². The zero-order chi connectivity index (χ0) is 16.4. The number of ether oxygens (including phenoxy) is 1. The van der Waals surface area contributed by atoms with Gasteiger partial charge in [-0.1, -0.05) is 18.2 Å². The van der Waals surface area contributed by atoms with Gasteiger partial charge in [-0.2, -0.15) is 5.10 Å². The molecule has 0 fully saturated rings. The van der Waals surface area contributed by atoms with Gasteiger partial charge in [0.2, 0.25) is 0 Å². The van der Waals surface area contributed by atoms with Crippen LogP contribution in [0, 0.1) is 0 Å². The number of urea groups is 1. The number of aromatic nitrogens is 2. The highest BCUT2D eigenvalue weighted by atomic mass is 16.5. The summed E-state index contributed by atoms with van der Waals surface area (Å²) in [6.07, 6.45) is 2.44. The quantitative estimate of drug-likeness (QED) is 0.894. The van der Waals surface area contributed by atoms with E-state index in [-0.39, 0.29) is 17.6 Å². The predicted octanol–water partition coefficient (Wildman–Crippen LogP) is 3.28. The Bertz CT molecular complexity index is 703. The van der Waals surface area contributed by atoms with Crippen molar-refractivity contribution in [1.82, 2.24) is 15.1 Å². The lowest BCUT2D eigenvalue weighted by Crippen LogP contribution is -2.36. The lowest BCUT2D eigenvalue weighted by atomic mass is 10.0. The Morgan fingerprint density at radius 3 is 2.87 bits per heavy atom. The molecule has 122 valence electrons. The van der Waals surface area contributed by atoms with Crippen molar-refractivity contribution in [2.45, 2.75) is 38.8 Å². The minimum absolute atomic E-state index is 0.0500. The molecule has 1 aliphatic heterocycles. The van der Waals surface area contributed by atoms with E-state index < -0.39 is 0 Å². The van der Waals surface area contributed by atoms with Gasteiger partial charge in [-0.3, -0.25) is 5.32 Å². The molecule has 0 spiro atoms. The van der Waals surface area contributed by atoms with Crippen molar-refractivity contribution in [3.63, 3.8) is 0 Å². The summed E-state index contributed by atoms with van der Waals surface area (Å²) >= 11 is 0. The fourth-order valence-corrected chi connectivity index (χ4v) is 2.74. The first kappa shape index (κ1) is 15.4. The van der Waals surface area contributed by atoms with Crippen molar-refractivity contribution in [2.24, 2.45) is 0 Å². The molecule has 0 saturated carbocycles. The Labute approximate surface area is 135 Å². The fraction of sp³-hybridized carbons (Fsp3) is 0.412. The van der Waals surface area contributed by atoms with Gasteiger partial charge < -0.3 is 10.1 Å². The molecular weight excluding hydrogens is 292 g/mol. The monoisotopic (exact) mass is 314 g/mol. The Morgan fingerprint density at radius 1 is 1.30 bits per heavy atom. The van der Waals surface area contributed by atoms with Gasteiger partial charge in [0.1, 0.15) is 11.6 Å². The Morgan fingerprint density at radius 2 is 2.09 bits per heavy atom. The van der Waals surface area contributed by atoms with Gasteiger partial charge in [-0.15, -0.1) is 0 Å². The van der Waals surface area contributed by atoms with Gasteiger partial charge in [-0.25, -0.2) is 9.48 Å². The third kappa shape index (κ3) is 3.31. The van der Waals surface area contributed by atoms with E-state index in [4.69, 9.17) is 4.74 Å². The highest BCUT2D eigenvalue weighted by Gasteiger charge is 2.24. The number of rotatable bonds is 2. The molecule has 2 aromatic rings. The van der Waals surface area contributed by atoms with E-state index in [2.05, 4.69) is 15.7 Å². The molecule has 1 atom stereocenters. The zero-order valence-electron chi connectivity index (χ0n) is 13.7. The van der Waals surface area contributed by atoms with Crippen LogP contribution in [0.4, 0.5) is 10.6 Å². The molecule has 0 aliphatic carbocycles. The number of nitrogens with zero attached hydrogens (tertiary/aromatic N) is 2. The number of nitrogens with one attached hydrogen (secondary N) is 2. The molecule has 1 aromatic heterocycles. The van der Waals surface area contributed by atoms with Gasteiger partial charge >= 0.3 is 6.03 Å². The SMILES string of the molecule is CC(C)(C)n1nccc1NC(=O)N[C@H]1CCOc2ccccc21. The van der Waals surface area contributed by atoms with Gasteiger partial charge in [0, 0.05) is 18.1 Å². The Kier molecular flexibility index (Phi) is 3.98. The fourth-order valence-electron chi connectivity index (χ4n) is 2.74. The maximum Gasteiger partial charge on any atom is 0.320 e. The molecule has 0 saturated heterocycles. The number of para-hydroxylation sites is 1. The van der Waals surface area contributed by atoms with Gasteiger partial charge in [0.05, 0.1) is 24.4 Å².